The summed E-state index contributed by atoms with van der Waals surface area (Å²) < 4.78 is 12.6. The van der Waals surface area contributed by atoms with Gasteiger partial charge in [-0.25, -0.2) is 4.79 Å². The van der Waals surface area contributed by atoms with E-state index in [4.69, 9.17) is 9.47 Å². The van der Waals surface area contributed by atoms with E-state index in [9.17, 15) is 14.4 Å². The second-order valence-corrected chi connectivity index (χ2v) is 8.15. The average molecular weight is 431 g/mol. The molecule has 1 aromatic heterocycles. The molecular formula is C22H26N2O5S. The molecule has 1 saturated heterocycles. The third-order valence-electron chi connectivity index (χ3n) is 4.69. The zero-order valence-electron chi connectivity index (χ0n) is 17.2. The van der Waals surface area contributed by atoms with E-state index in [0.717, 1.165) is 35.3 Å². The van der Waals surface area contributed by atoms with Crippen molar-refractivity contribution in [1.29, 1.82) is 0 Å². The molecule has 3 rings (SSSR count). The van der Waals surface area contributed by atoms with E-state index in [0.29, 0.717) is 22.3 Å². The first-order valence-corrected chi connectivity index (χ1v) is 10.8. The van der Waals surface area contributed by atoms with Crippen molar-refractivity contribution in [2.45, 2.75) is 39.3 Å². The molecule has 1 atom stereocenters. The highest BCUT2D eigenvalue weighted by Gasteiger charge is 2.17. The van der Waals surface area contributed by atoms with Crippen molar-refractivity contribution in [2.75, 3.05) is 19.8 Å². The smallest absolute Gasteiger partial charge is 0.333 e. The Morgan fingerprint density at radius 1 is 1.33 bits per heavy atom. The van der Waals surface area contributed by atoms with Gasteiger partial charge in [0.25, 0.3) is 5.56 Å². The summed E-state index contributed by atoms with van der Waals surface area (Å²) >= 11 is 1.16. The number of nitrogens with zero attached hydrogens (tertiary/aromatic N) is 1. The lowest BCUT2D eigenvalue weighted by molar-refractivity contribution is -0.135. The highest BCUT2D eigenvalue weighted by Crippen LogP contribution is 2.10. The van der Waals surface area contributed by atoms with E-state index >= 15 is 0 Å². The number of thiazole rings is 1. The Labute approximate surface area is 178 Å². The Balaban J connectivity index is 1.89. The third-order valence-corrected chi connectivity index (χ3v) is 5.75. The van der Waals surface area contributed by atoms with Crippen LogP contribution in [0.15, 0.2) is 29.1 Å². The van der Waals surface area contributed by atoms with Crippen molar-refractivity contribution >= 4 is 35.4 Å². The van der Waals surface area contributed by atoms with Crippen LogP contribution in [0.3, 0.4) is 0 Å². The maximum atomic E-state index is 13.0. The molecule has 0 bridgehead atoms. The molecule has 1 amide bonds. The maximum absolute atomic E-state index is 13.0. The third kappa shape index (κ3) is 5.90. The predicted molar refractivity (Wildman–Crippen MR) is 116 cm³/mol. The van der Waals surface area contributed by atoms with Gasteiger partial charge in [-0.15, -0.1) is 11.3 Å². The SMILES string of the molecule is CCOC(=O)/C=c1\s/c(=C/c2ccc(C)cc2)c(=O)n1CC(=O)NC[C@H]1CCCO1. The maximum Gasteiger partial charge on any atom is 0.333 e. The molecule has 0 aliphatic carbocycles. The van der Waals surface area contributed by atoms with Crippen LogP contribution in [0.2, 0.25) is 0 Å². The van der Waals surface area contributed by atoms with Crippen molar-refractivity contribution in [3.8, 4) is 0 Å². The number of esters is 1. The molecule has 8 heteroatoms. The standard InChI is InChI=1S/C22H26N2O5S/c1-3-28-21(26)12-20-24(14-19(25)23-13-17-5-4-10-29-17)22(27)18(30-20)11-16-8-6-15(2)7-9-16/h6-9,11-12,17H,3-5,10,13-14H2,1-2H3,(H,23,25)/b18-11+,20-12-/t17-/m1/s1. The van der Waals surface area contributed by atoms with Crippen LogP contribution in [0.1, 0.15) is 30.9 Å². The monoisotopic (exact) mass is 430 g/mol. The highest BCUT2D eigenvalue weighted by atomic mass is 32.1. The van der Waals surface area contributed by atoms with E-state index in [1.54, 1.807) is 13.0 Å². The second-order valence-electron chi connectivity index (χ2n) is 7.09. The molecule has 1 fully saturated rings. The number of ether oxygens (including phenoxy) is 2. The van der Waals surface area contributed by atoms with Gasteiger partial charge in [0.15, 0.2) is 0 Å². The molecule has 7 nitrogen and oxygen atoms in total. The van der Waals surface area contributed by atoms with Crippen molar-refractivity contribution in [1.82, 2.24) is 9.88 Å². The summed E-state index contributed by atoms with van der Waals surface area (Å²) in [7, 11) is 0. The Morgan fingerprint density at radius 3 is 2.77 bits per heavy atom. The van der Waals surface area contributed by atoms with E-state index in [-0.39, 0.29) is 30.7 Å². The van der Waals surface area contributed by atoms with Crippen molar-refractivity contribution in [2.24, 2.45) is 0 Å². The van der Waals surface area contributed by atoms with Crippen molar-refractivity contribution in [3.63, 3.8) is 0 Å². The number of rotatable bonds is 7. The summed E-state index contributed by atoms with van der Waals surface area (Å²) in [6.07, 6.45) is 4.94. The average Bonchev–Trinajstić information content (AvgIpc) is 3.33. The summed E-state index contributed by atoms with van der Waals surface area (Å²) in [4.78, 5) is 37.3. The summed E-state index contributed by atoms with van der Waals surface area (Å²) in [5, 5.41) is 2.81. The quantitative estimate of drug-likeness (QED) is 0.653. The number of benzene rings is 1. The van der Waals surface area contributed by atoms with Crippen LogP contribution in [0.25, 0.3) is 12.2 Å². The molecule has 30 heavy (non-hydrogen) atoms. The first-order valence-electron chi connectivity index (χ1n) is 10.0. The Hall–Kier alpha value is -2.71. The van der Waals surface area contributed by atoms with E-state index in [1.807, 2.05) is 31.2 Å². The van der Waals surface area contributed by atoms with Gasteiger partial charge in [0.1, 0.15) is 11.2 Å². The first kappa shape index (κ1) is 22.0. The van der Waals surface area contributed by atoms with Crippen LogP contribution in [0.4, 0.5) is 0 Å². The Morgan fingerprint density at radius 2 is 2.10 bits per heavy atom. The van der Waals surface area contributed by atoms with Crippen molar-refractivity contribution in [3.05, 3.63) is 54.9 Å². The van der Waals surface area contributed by atoms with Crippen LogP contribution in [0.5, 0.6) is 0 Å². The van der Waals surface area contributed by atoms with Gasteiger partial charge in [-0.3, -0.25) is 14.2 Å². The summed E-state index contributed by atoms with van der Waals surface area (Å²) in [6, 6.07) is 7.76. The number of hydrogen-bond donors (Lipinski definition) is 1. The number of carbonyl (C=O) groups excluding carboxylic acids is 2. The van der Waals surface area contributed by atoms with Gasteiger partial charge in [0, 0.05) is 13.2 Å². The lowest BCUT2D eigenvalue weighted by Crippen LogP contribution is -2.40. The van der Waals surface area contributed by atoms with Gasteiger partial charge >= 0.3 is 5.97 Å². The number of aryl methyl sites for hydroxylation is 1. The molecule has 0 saturated carbocycles. The zero-order chi connectivity index (χ0) is 21.5. The minimum absolute atomic E-state index is 0.0177. The number of hydrogen-bond acceptors (Lipinski definition) is 6. The largest absolute Gasteiger partial charge is 0.463 e. The van der Waals surface area contributed by atoms with Crippen LogP contribution < -0.4 is 20.1 Å². The van der Waals surface area contributed by atoms with Gasteiger partial charge < -0.3 is 14.8 Å². The zero-order valence-corrected chi connectivity index (χ0v) is 18.0. The van der Waals surface area contributed by atoms with Gasteiger partial charge in [-0.1, -0.05) is 29.8 Å². The summed E-state index contributed by atoms with van der Waals surface area (Å²) in [6.45, 7) is 4.88. The molecule has 1 aliphatic rings. The van der Waals surface area contributed by atoms with Crippen LogP contribution in [-0.4, -0.2) is 42.3 Å². The van der Waals surface area contributed by atoms with Crippen molar-refractivity contribution < 1.29 is 19.1 Å². The summed E-state index contributed by atoms with van der Waals surface area (Å²) in [5.74, 6) is -0.847. The molecule has 160 valence electrons. The molecule has 1 aromatic carbocycles. The highest BCUT2D eigenvalue weighted by molar-refractivity contribution is 7.07. The number of nitrogens with one attached hydrogen (secondary N) is 1. The second kappa shape index (κ2) is 10.4. The van der Waals surface area contributed by atoms with Crippen LogP contribution in [0, 0.1) is 6.92 Å². The van der Waals surface area contributed by atoms with Crippen LogP contribution >= 0.6 is 11.3 Å². The number of aromatic nitrogens is 1. The first-order chi connectivity index (χ1) is 14.5. The Kier molecular flexibility index (Phi) is 7.59. The van der Waals surface area contributed by atoms with Gasteiger partial charge in [-0.2, -0.15) is 0 Å². The molecule has 0 radical (unpaired) electrons. The van der Waals surface area contributed by atoms with Gasteiger partial charge in [-0.05, 0) is 38.3 Å². The predicted octanol–water partition coefficient (Wildman–Crippen LogP) is 0.686. The molecular weight excluding hydrogens is 404 g/mol. The van der Waals surface area contributed by atoms with Crippen LogP contribution in [-0.2, 0) is 25.6 Å². The molecule has 2 heterocycles. The number of carbonyl (C=O) groups is 2. The molecule has 2 aromatic rings. The minimum Gasteiger partial charge on any atom is -0.463 e. The molecule has 0 unspecified atom stereocenters. The fourth-order valence-electron chi connectivity index (χ4n) is 3.12. The molecule has 1 N–H and O–H groups in total. The topological polar surface area (TPSA) is 86.6 Å². The van der Waals surface area contributed by atoms with Gasteiger partial charge in [0.05, 0.1) is 23.3 Å². The lowest BCUT2D eigenvalue weighted by Gasteiger charge is -2.10. The van der Waals surface area contributed by atoms with E-state index < -0.39 is 5.97 Å². The van der Waals surface area contributed by atoms with Gasteiger partial charge in [0.2, 0.25) is 5.91 Å². The normalized spacial score (nSPS) is 17.3. The van der Waals surface area contributed by atoms with E-state index in [2.05, 4.69) is 5.32 Å². The fraction of sp³-hybridized carbons (Fsp3) is 0.409. The number of amides is 1. The molecule has 1 aliphatic heterocycles. The molecule has 0 spiro atoms. The summed E-state index contributed by atoms with van der Waals surface area (Å²) in [5.41, 5.74) is 1.68. The Bertz CT molecular complexity index is 1060. The fourth-order valence-corrected chi connectivity index (χ4v) is 4.15. The van der Waals surface area contributed by atoms with E-state index in [1.165, 1.54) is 10.6 Å². The lowest BCUT2D eigenvalue weighted by atomic mass is 10.1. The minimum atomic E-state index is -0.547.